The Morgan fingerprint density at radius 3 is 2.69 bits per heavy atom. The molecule has 2 heterocycles. The van der Waals surface area contributed by atoms with Crippen LogP contribution in [0.3, 0.4) is 0 Å². The number of hydrogen-bond donors (Lipinski definition) is 1. The van der Waals surface area contributed by atoms with Crippen LogP contribution < -0.4 is 0 Å². The van der Waals surface area contributed by atoms with Crippen molar-refractivity contribution in [1.82, 2.24) is 9.88 Å². The third-order valence-electron chi connectivity index (χ3n) is 6.65. The van der Waals surface area contributed by atoms with Crippen LogP contribution in [0.15, 0.2) is 30.5 Å². The smallest absolute Gasteiger partial charge is 0.175 e. The molecular weight excluding hydrogens is 384 g/mol. The van der Waals surface area contributed by atoms with E-state index < -0.39 is 6.10 Å². The molecule has 1 aliphatic carbocycles. The Balaban J connectivity index is 1.65. The molecule has 5 unspecified atom stereocenters. The molecule has 0 spiro atoms. The molecule has 1 aliphatic heterocycles. The van der Waals surface area contributed by atoms with E-state index in [2.05, 4.69) is 30.7 Å². The van der Waals surface area contributed by atoms with Gasteiger partial charge < -0.3 is 14.7 Å². The van der Waals surface area contributed by atoms with Crippen LogP contribution in [-0.2, 0) is 9.53 Å². The molecule has 6 heteroatoms. The number of nitrogens with zero attached hydrogens (tertiary/aromatic N) is 2. The number of aliphatic hydroxyl groups is 1. The molecule has 4 rings (SSSR count). The van der Waals surface area contributed by atoms with E-state index in [1.165, 1.54) is 11.3 Å². The summed E-state index contributed by atoms with van der Waals surface area (Å²) in [6, 6.07) is 7.94. The van der Waals surface area contributed by atoms with Gasteiger partial charge in [0.15, 0.2) is 5.78 Å². The number of carbonyl (C=O) groups is 1. The number of rotatable bonds is 6. The lowest BCUT2D eigenvalue weighted by Gasteiger charge is -2.46. The second kappa shape index (κ2) is 8.54. The molecule has 0 amide bonds. The number of Topliss-reactive ketones (excluding diaryl/α,β-unsaturated/α-hetero) is 1. The highest BCUT2D eigenvalue weighted by Gasteiger charge is 2.50. The maximum atomic E-state index is 13.5. The molecule has 2 aromatic rings. The van der Waals surface area contributed by atoms with E-state index in [1.807, 2.05) is 24.3 Å². The predicted octanol–water partition coefficient (Wildman–Crippen LogP) is 3.97. The number of allylic oxidation sites excluding steroid dienone is 1. The summed E-state index contributed by atoms with van der Waals surface area (Å²) in [4.78, 5) is 20.5. The Morgan fingerprint density at radius 1 is 1.24 bits per heavy atom. The lowest BCUT2D eigenvalue weighted by atomic mass is 9.67. The molecule has 1 aromatic heterocycles. The van der Waals surface area contributed by atoms with Crippen LogP contribution >= 0.6 is 11.3 Å². The molecule has 1 saturated carbocycles. The van der Waals surface area contributed by atoms with E-state index in [-0.39, 0.29) is 29.6 Å². The monoisotopic (exact) mass is 414 g/mol. The maximum absolute atomic E-state index is 13.5. The average molecular weight is 415 g/mol. The third kappa shape index (κ3) is 3.74. The van der Waals surface area contributed by atoms with Crippen molar-refractivity contribution in [2.24, 2.45) is 17.8 Å². The molecule has 1 fully saturated rings. The summed E-state index contributed by atoms with van der Waals surface area (Å²) < 4.78 is 7.25. The number of ketones is 1. The van der Waals surface area contributed by atoms with Crippen molar-refractivity contribution in [3.63, 3.8) is 0 Å². The number of aromatic nitrogens is 1. The minimum Gasteiger partial charge on any atom is -0.496 e. The summed E-state index contributed by atoms with van der Waals surface area (Å²) in [7, 11) is 0. The van der Waals surface area contributed by atoms with E-state index in [4.69, 9.17) is 4.74 Å². The van der Waals surface area contributed by atoms with Crippen molar-refractivity contribution >= 4 is 32.9 Å². The first-order valence-electron chi connectivity index (χ1n) is 10.7. The zero-order valence-electron chi connectivity index (χ0n) is 17.4. The van der Waals surface area contributed by atoms with Gasteiger partial charge in [-0.25, -0.2) is 4.98 Å². The third-order valence-corrected chi connectivity index (χ3v) is 7.72. The molecule has 2 aliphatic rings. The molecule has 0 radical (unpaired) electrons. The summed E-state index contributed by atoms with van der Waals surface area (Å²) in [6.45, 7) is 8.96. The number of thiazole rings is 1. The van der Waals surface area contributed by atoms with Crippen molar-refractivity contribution in [2.75, 3.05) is 19.6 Å². The molecule has 5 atom stereocenters. The van der Waals surface area contributed by atoms with E-state index >= 15 is 0 Å². The largest absolute Gasteiger partial charge is 0.496 e. The summed E-state index contributed by atoms with van der Waals surface area (Å²) in [6.07, 6.45) is 2.45. The Bertz CT molecular complexity index is 871. The zero-order valence-corrected chi connectivity index (χ0v) is 18.2. The van der Waals surface area contributed by atoms with E-state index in [9.17, 15) is 9.90 Å². The van der Waals surface area contributed by atoms with Gasteiger partial charge in [-0.05, 0) is 37.6 Å². The fourth-order valence-electron chi connectivity index (χ4n) is 4.84. The highest BCUT2D eigenvalue weighted by atomic mass is 32.1. The highest BCUT2D eigenvalue weighted by molar-refractivity contribution is 7.19. The summed E-state index contributed by atoms with van der Waals surface area (Å²) in [5.41, 5.74) is 1.49. The van der Waals surface area contributed by atoms with Gasteiger partial charge in [0.05, 0.1) is 34.1 Å². The van der Waals surface area contributed by atoms with Crippen LogP contribution in [0.2, 0.25) is 0 Å². The van der Waals surface area contributed by atoms with Gasteiger partial charge in [-0.3, -0.25) is 4.79 Å². The van der Waals surface area contributed by atoms with Gasteiger partial charge in [-0.15, -0.1) is 11.3 Å². The Hall–Kier alpha value is -1.76. The summed E-state index contributed by atoms with van der Waals surface area (Å²) in [5, 5.41) is 11.8. The van der Waals surface area contributed by atoms with Crippen LogP contribution in [0.25, 0.3) is 15.8 Å². The van der Waals surface area contributed by atoms with Crippen LogP contribution in [0.4, 0.5) is 0 Å². The molecule has 0 bridgehead atoms. The van der Waals surface area contributed by atoms with Crippen molar-refractivity contribution < 1.29 is 14.6 Å². The molecule has 1 N–H and O–H groups in total. The second-order valence-electron chi connectivity index (χ2n) is 8.13. The minimum absolute atomic E-state index is 0.0595. The standard InChI is InChI=1S/C23H30N2O3S/c1-4-14-11-15-21(27)17(23-24-18-9-7-8-10-19(18)29-23)13-28-22(15)16(20(14)26)12-25(5-2)6-3/h7-10,13-16,20,22,26H,4-6,11-12H2,1-3H3. The Labute approximate surface area is 176 Å². The maximum Gasteiger partial charge on any atom is 0.175 e. The fourth-order valence-corrected chi connectivity index (χ4v) is 5.82. The molecule has 1 aromatic carbocycles. The van der Waals surface area contributed by atoms with Gasteiger partial charge in [0.2, 0.25) is 0 Å². The summed E-state index contributed by atoms with van der Waals surface area (Å²) in [5.74, 6) is -0.0269. The molecule has 5 nitrogen and oxygen atoms in total. The lowest BCUT2D eigenvalue weighted by Crippen LogP contribution is -2.55. The minimum atomic E-state index is -0.438. The number of benzene rings is 1. The van der Waals surface area contributed by atoms with Crippen molar-refractivity contribution in [1.29, 1.82) is 0 Å². The molecule has 156 valence electrons. The van der Waals surface area contributed by atoms with E-state index in [1.54, 1.807) is 6.26 Å². The quantitative estimate of drug-likeness (QED) is 0.775. The zero-order chi connectivity index (χ0) is 20.5. The van der Waals surface area contributed by atoms with Gasteiger partial charge in [0.25, 0.3) is 0 Å². The van der Waals surface area contributed by atoms with Gasteiger partial charge in [0, 0.05) is 12.5 Å². The van der Waals surface area contributed by atoms with Crippen LogP contribution in [0.1, 0.15) is 38.6 Å². The first-order chi connectivity index (χ1) is 14.1. The van der Waals surface area contributed by atoms with Gasteiger partial charge >= 0.3 is 0 Å². The van der Waals surface area contributed by atoms with Crippen molar-refractivity contribution in [3.8, 4) is 0 Å². The lowest BCUT2D eigenvalue weighted by molar-refractivity contribution is -0.140. The number of para-hydroxylation sites is 1. The summed E-state index contributed by atoms with van der Waals surface area (Å²) >= 11 is 1.53. The van der Waals surface area contributed by atoms with Crippen LogP contribution in [0.5, 0.6) is 0 Å². The number of carbonyl (C=O) groups excluding carboxylic acids is 1. The van der Waals surface area contributed by atoms with Crippen LogP contribution in [0, 0.1) is 17.8 Å². The van der Waals surface area contributed by atoms with Gasteiger partial charge in [-0.2, -0.15) is 0 Å². The van der Waals surface area contributed by atoms with E-state index in [0.29, 0.717) is 12.0 Å². The molecular formula is C23H30N2O3S. The average Bonchev–Trinajstić information content (AvgIpc) is 3.17. The van der Waals surface area contributed by atoms with Gasteiger partial charge in [-0.1, -0.05) is 39.3 Å². The first kappa shape index (κ1) is 20.5. The predicted molar refractivity (Wildman–Crippen MR) is 117 cm³/mol. The first-order valence-corrected chi connectivity index (χ1v) is 11.5. The SMILES string of the molecule is CCC1CC2C(=O)C(c3nc4ccccc4s3)=COC2C(CN(CC)CC)C1O. The number of fused-ring (bicyclic) bond motifs is 2. The topological polar surface area (TPSA) is 62.7 Å². The van der Waals surface area contributed by atoms with Gasteiger partial charge in [0.1, 0.15) is 11.1 Å². The van der Waals surface area contributed by atoms with Crippen LogP contribution in [-0.4, -0.2) is 52.6 Å². The van der Waals surface area contributed by atoms with E-state index in [0.717, 1.165) is 41.3 Å². The number of hydrogen-bond acceptors (Lipinski definition) is 6. The normalized spacial score (nSPS) is 29.6. The fraction of sp³-hybridized carbons (Fsp3) is 0.565. The highest BCUT2D eigenvalue weighted by Crippen LogP contribution is 2.43. The molecule has 0 saturated heterocycles. The van der Waals surface area contributed by atoms with Crippen molar-refractivity contribution in [3.05, 3.63) is 35.5 Å². The number of aliphatic hydroxyl groups excluding tert-OH is 1. The number of ether oxygens (including phenoxy) is 1. The molecule has 29 heavy (non-hydrogen) atoms. The second-order valence-corrected chi connectivity index (χ2v) is 9.16. The Morgan fingerprint density at radius 2 is 2.00 bits per heavy atom. The van der Waals surface area contributed by atoms with Crippen molar-refractivity contribution in [2.45, 2.75) is 45.8 Å². The Kier molecular flexibility index (Phi) is 6.04.